The lowest BCUT2D eigenvalue weighted by Gasteiger charge is -2.36. The topological polar surface area (TPSA) is 153 Å². The van der Waals surface area contributed by atoms with Crippen molar-refractivity contribution in [2.45, 2.75) is 50.4 Å². The number of aryl methyl sites for hydroxylation is 2. The first-order valence-electron chi connectivity index (χ1n) is 25.7. The van der Waals surface area contributed by atoms with Crippen LogP contribution in [0.2, 0.25) is 10.0 Å². The predicted molar refractivity (Wildman–Crippen MR) is 294 cm³/mol. The Labute approximate surface area is 446 Å². The number of benzene rings is 4. The lowest BCUT2D eigenvalue weighted by molar-refractivity contribution is -0.107. The number of piperazine rings is 2. The Balaban J connectivity index is 0.000000142. The highest BCUT2D eigenvalue weighted by Crippen LogP contribution is 2.46. The summed E-state index contributed by atoms with van der Waals surface area (Å²) in [5, 5.41) is 15.1. The van der Waals surface area contributed by atoms with Crippen LogP contribution in [-0.4, -0.2) is 116 Å². The van der Waals surface area contributed by atoms with Gasteiger partial charge in [0, 0.05) is 148 Å². The number of halogens is 2. The number of carbonyl (C=O) groups is 3. The first-order valence-corrected chi connectivity index (χ1v) is 26.5. The van der Waals surface area contributed by atoms with Crippen LogP contribution in [0.4, 0.5) is 11.4 Å². The van der Waals surface area contributed by atoms with Crippen molar-refractivity contribution < 1.29 is 32.9 Å². The van der Waals surface area contributed by atoms with Crippen LogP contribution in [0.25, 0.3) is 44.3 Å². The van der Waals surface area contributed by atoms with E-state index in [1.54, 1.807) is 0 Å². The number of carbonyl (C=O) groups excluding carboxylic acids is 3. The Morgan fingerprint density at radius 2 is 1.12 bits per heavy atom. The van der Waals surface area contributed by atoms with Crippen LogP contribution in [0.15, 0.2) is 106 Å². The summed E-state index contributed by atoms with van der Waals surface area (Å²) < 4.78 is 25.0. The fourth-order valence-electron chi connectivity index (χ4n) is 10.3. The van der Waals surface area contributed by atoms with Gasteiger partial charge in [0.2, 0.25) is 0 Å². The molecule has 4 fully saturated rings. The second-order valence-electron chi connectivity index (χ2n) is 19.6. The van der Waals surface area contributed by atoms with Gasteiger partial charge in [0.15, 0.2) is 0 Å². The third-order valence-electron chi connectivity index (χ3n) is 14.7. The van der Waals surface area contributed by atoms with Crippen molar-refractivity contribution in [1.82, 2.24) is 29.7 Å². The zero-order valence-electron chi connectivity index (χ0n) is 42.8. The molecule has 4 aromatic heterocycles. The maximum absolute atomic E-state index is 12.1. The number of fused-ring (bicyclic) bond motifs is 2. The molecule has 1 N–H and O–H groups in total. The van der Waals surface area contributed by atoms with E-state index in [1.165, 1.54) is 44.0 Å². The monoisotopic (exact) mass is 1050 g/mol. The summed E-state index contributed by atoms with van der Waals surface area (Å²) in [6.07, 6.45) is 10.4. The van der Waals surface area contributed by atoms with Crippen LogP contribution >= 0.6 is 23.2 Å². The number of hydrogen-bond acceptors (Lipinski definition) is 13. The average molecular weight is 1050 g/mol. The van der Waals surface area contributed by atoms with Gasteiger partial charge in [-0.05, 0) is 80.6 Å². The van der Waals surface area contributed by atoms with E-state index < -0.39 is 0 Å². The van der Waals surface area contributed by atoms with Crippen molar-refractivity contribution in [3.63, 3.8) is 0 Å². The fraction of sp³-hybridized carbons (Fsp3) is 0.362. The van der Waals surface area contributed by atoms with Crippen LogP contribution in [0.1, 0.15) is 80.9 Å². The molecule has 0 radical (unpaired) electrons. The highest BCUT2D eigenvalue weighted by molar-refractivity contribution is 6.33. The van der Waals surface area contributed by atoms with E-state index in [0.29, 0.717) is 45.1 Å². The van der Waals surface area contributed by atoms with Crippen molar-refractivity contribution in [2.24, 2.45) is 14.1 Å². The fourth-order valence-corrected chi connectivity index (χ4v) is 10.8. The van der Waals surface area contributed by atoms with Crippen molar-refractivity contribution in [2.75, 3.05) is 82.9 Å². The van der Waals surface area contributed by atoms with Gasteiger partial charge >= 0.3 is 11.9 Å². The number of aldehydes is 1. The molecule has 0 unspecified atom stereocenters. The largest absolute Gasteiger partial charge is 0.465 e. The number of esters is 2. The molecule has 2 aliphatic carbocycles. The molecule has 0 bridgehead atoms. The molecule has 17 heteroatoms. The molecule has 12 rings (SSSR count). The Morgan fingerprint density at radius 1 is 0.653 bits per heavy atom. The number of methoxy groups -OCH3 is 2. The molecule has 0 atom stereocenters. The van der Waals surface area contributed by atoms with Gasteiger partial charge < -0.3 is 47.6 Å². The highest BCUT2D eigenvalue weighted by Gasteiger charge is 2.34. The summed E-state index contributed by atoms with van der Waals surface area (Å²) in [6, 6.07) is 27.9. The molecule has 2 aliphatic heterocycles. The summed E-state index contributed by atoms with van der Waals surface area (Å²) in [6.45, 7) is 8.91. The SMILES string of the molecule is COC(=O)c1cn(C)c2cc(N3CCN(CCc4c(-c5ccccc5Cl)noc4C4CC4)CC3)ccc12.COC(=O)c1cn(C)c2cc(N3CCNCC3)ccc12.O=CCc1c(-c2ccccc2Cl)noc1C1CC1. The Bertz CT molecular complexity index is 3340. The summed E-state index contributed by atoms with van der Waals surface area (Å²) in [5.41, 5.74) is 11.2. The molecule has 4 aromatic carbocycles. The third kappa shape index (κ3) is 11.2. The van der Waals surface area contributed by atoms with Crippen molar-refractivity contribution in [3.8, 4) is 22.5 Å². The third-order valence-corrected chi connectivity index (χ3v) is 15.4. The smallest absolute Gasteiger partial charge is 0.340 e. The molecule has 2 saturated carbocycles. The Morgan fingerprint density at radius 3 is 1.59 bits per heavy atom. The lowest BCUT2D eigenvalue weighted by atomic mass is 10.0. The van der Waals surface area contributed by atoms with Gasteiger partial charge in [0.05, 0.1) is 46.4 Å². The van der Waals surface area contributed by atoms with Gasteiger partial charge in [-0.25, -0.2) is 9.59 Å². The minimum absolute atomic E-state index is 0.287. The molecule has 15 nitrogen and oxygen atoms in total. The number of anilines is 2. The molecule has 2 saturated heterocycles. The van der Waals surface area contributed by atoms with E-state index in [1.807, 2.05) is 96.3 Å². The first-order chi connectivity index (χ1) is 36.5. The highest BCUT2D eigenvalue weighted by atomic mass is 35.5. The number of rotatable bonds is 13. The van der Waals surface area contributed by atoms with Gasteiger partial charge in [-0.3, -0.25) is 4.90 Å². The van der Waals surface area contributed by atoms with E-state index in [0.717, 1.165) is 140 Å². The van der Waals surface area contributed by atoms with Gasteiger partial charge in [-0.1, -0.05) is 69.9 Å². The molecule has 0 spiro atoms. The van der Waals surface area contributed by atoms with Crippen LogP contribution < -0.4 is 15.1 Å². The molecule has 75 heavy (non-hydrogen) atoms. The predicted octanol–water partition coefficient (Wildman–Crippen LogP) is 10.5. The second-order valence-corrected chi connectivity index (χ2v) is 20.5. The zero-order valence-corrected chi connectivity index (χ0v) is 44.3. The summed E-state index contributed by atoms with van der Waals surface area (Å²) >= 11 is 12.7. The number of aromatic nitrogens is 4. The van der Waals surface area contributed by atoms with Gasteiger partial charge in [0.25, 0.3) is 0 Å². The average Bonchev–Trinajstić information content (AvgIpc) is 4.34. The van der Waals surface area contributed by atoms with Gasteiger partial charge in [-0.2, -0.15) is 0 Å². The number of hydrogen-bond donors (Lipinski definition) is 1. The van der Waals surface area contributed by atoms with E-state index in [9.17, 15) is 14.4 Å². The standard InChI is InChI=1S/C29H31ClN4O3.C15H19N3O2.C14H12ClNO2/c1-32-18-24(29(35)36-2)21-10-9-20(17-26(21)32)34-15-13-33(14-16-34)12-11-23-27(22-5-3-4-6-25(22)30)31-37-28(23)19-7-8-19;1-17-10-13(15(19)20-2)12-4-3-11(9-14(12)17)18-7-5-16-6-8-18;15-12-4-2-1-3-10(12)13-11(7-8-17)14(18-16-13)9-5-6-9/h3-6,9-10,17-19H,7-8,11-16H2,1-2H3;3-4,9-10,16H,5-8H2,1-2H3;1-4,8-9H,5-7H2. The van der Waals surface area contributed by atoms with Crippen LogP contribution in [0, 0.1) is 0 Å². The second kappa shape index (κ2) is 22.9. The van der Waals surface area contributed by atoms with Crippen LogP contribution in [0.3, 0.4) is 0 Å². The van der Waals surface area contributed by atoms with Gasteiger partial charge in [-0.15, -0.1) is 0 Å². The van der Waals surface area contributed by atoms with E-state index in [4.69, 9.17) is 41.7 Å². The molecule has 4 aliphatic rings. The Hall–Kier alpha value is -6.91. The maximum atomic E-state index is 12.1. The van der Waals surface area contributed by atoms with Crippen molar-refractivity contribution in [1.29, 1.82) is 0 Å². The molecule has 6 heterocycles. The van der Waals surface area contributed by atoms with Crippen molar-refractivity contribution >= 4 is 74.6 Å². The minimum atomic E-state index is -0.303. The summed E-state index contributed by atoms with van der Waals surface area (Å²) in [4.78, 5) is 42.0. The zero-order chi connectivity index (χ0) is 52.2. The van der Waals surface area contributed by atoms with E-state index in [2.05, 4.69) is 54.6 Å². The number of ether oxygens (including phenoxy) is 2. The first kappa shape index (κ1) is 51.6. The summed E-state index contributed by atoms with van der Waals surface area (Å²) in [7, 11) is 6.75. The van der Waals surface area contributed by atoms with Crippen molar-refractivity contribution in [3.05, 3.63) is 141 Å². The van der Waals surface area contributed by atoms with Crippen LogP contribution in [0.5, 0.6) is 0 Å². The normalized spacial score (nSPS) is 15.8. The summed E-state index contributed by atoms with van der Waals surface area (Å²) in [5.74, 6) is 2.26. The minimum Gasteiger partial charge on any atom is -0.465 e. The van der Waals surface area contributed by atoms with E-state index >= 15 is 0 Å². The molecule has 390 valence electrons. The van der Waals surface area contributed by atoms with Crippen LogP contribution in [-0.2, 0) is 41.2 Å². The number of nitrogens with one attached hydrogen (secondary N) is 1. The maximum Gasteiger partial charge on any atom is 0.340 e. The molecular formula is C58H62Cl2N8O7. The van der Waals surface area contributed by atoms with E-state index in [-0.39, 0.29) is 11.9 Å². The van der Waals surface area contributed by atoms with Gasteiger partial charge in [0.1, 0.15) is 29.2 Å². The number of nitrogens with zero attached hydrogens (tertiary/aromatic N) is 7. The lowest BCUT2D eigenvalue weighted by Crippen LogP contribution is -2.47. The Kier molecular flexibility index (Phi) is 15.8. The molecular weight excluding hydrogens is 992 g/mol. The quantitative estimate of drug-likeness (QED) is 0.0862. The molecule has 0 amide bonds. The molecule has 8 aromatic rings.